The van der Waals surface area contributed by atoms with Crippen molar-refractivity contribution < 1.29 is 31.2 Å². The van der Waals surface area contributed by atoms with Crippen molar-refractivity contribution in [3.8, 4) is 0 Å². The first kappa shape index (κ1) is 34.2. The molecule has 0 bridgehead atoms. The smallest absolute Gasteiger partial charge is 0.354 e. The number of unbranched alkanes of at least 4 members (excludes halogenated alkanes) is 1. The number of benzene rings is 4. The van der Waals surface area contributed by atoms with Gasteiger partial charge in [-0.1, -0.05) is 98.3 Å². The summed E-state index contributed by atoms with van der Waals surface area (Å²) < 4.78 is 69.8. The zero-order valence-corrected chi connectivity index (χ0v) is 26.2. The fourth-order valence-corrected chi connectivity index (χ4v) is 6.35. The lowest BCUT2D eigenvalue weighted by Crippen LogP contribution is -2.53. The molecule has 1 N–H and O–H groups in total. The number of sulfonamides is 1. The van der Waals surface area contributed by atoms with Crippen LogP contribution in [0.1, 0.15) is 36.5 Å². The van der Waals surface area contributed by atoms with E-state index in [2.05, 4.69) is 5.32 Å². The van der Waals surface area contributed by atoms with Crippen LogP contribution >= 0.6 is 0 Å². The number of hydrogen-bond acceptors (Lipinski definition) is 4. The van der Waals surface area contributed by atoms with E-state index in [0.717, 1.165) is 30.5 Å². The summed E-state index contributed by atoms with van der Waals surface area (Å²) in [4.78, 5) is 29.2. The average Bonchev–Trinajstić information content (AvgIpc) is 3.06. The molecular formula is C35H36F3N3O4S. The highest BCUT2D eigenvalue weighted by Crippen LogP contribution is 2.33. The molecule has 2 amide bonds. The zero-order valence-electron chi connectivity index (χ0n) is 25.4. The molecule has 0 aromatic heterocycles. The largest absolute Gasteiger partial charge is 0.416 e. The van der Waals surface area contributed by atoms with E-state index in [1.807, 2.05) is 37.3 Å². The van der Waals surface area contributed by atoms with Gasteiger partial charge in [0.1, 0.15) is 12.6 Å². The molecule has 1 atom stereocenters. The predicted molar refractivity (Wildman–Crippen MR) is 171 cm³/mol. The first-order valence-corrected chi connectivity index (χ1v) is 16.3. The van der Waals surface area contributed by atoms with Crippen LogP contribution in [-0.4, -0.2) is 44.3 Å². The highest BCUT2D eigenvalue weighted by atomic mass is 32.2. The van der Waals surface area contributed by atoms with Crippen LogP contribution in [0.4, 0.5) is 18.9 Å². The van der Waals surface area contributed by atoms with Crippen LogP contribution < -0.4 is 9.62 Å². The number of nitrogens with zero attached hydrogens (tertiary/aromatic N) is 2. The maximum atomic E-state index is 14.4. The van der Waals surface area contributed by atoms with Gasteiger partial charge in [-0.05, 0) is 47.9 Å². The summed E-state index contributed by atoms with van der Waals surface area (Å²) in [5.74, 6) is -1.18. The quantitative estimate of drug-likeness (QED) is 0.159. The van der Waals surface area contributed by atoms with Crippen molar-refractivity contribution in [3.05, 3.63) is 132 Å². The molecule has 0 spiro atoms. The van der Waals surface area contributed by atoms with Crippen molar-refractivity contribution in [2.24, 2.45) is 0 Å². The molecule has 7 nitrogen and oxygen atoms in total. The Bertz CT molecular complexity index is 1690. The molecule has 0 aliphatic rings. The van der Waals surface area contributed by atoms with Crippen LogP contribution in [-0.2, 0) is 38.8 Å². The summed E-state index contributed by atoms with van der Waals surface area (Å²) in [6.45, 7) is 1.47. The Balaban J connectivity index is 1.81. The number of alkyl halides is 3. The highest BCUT2D eigenvalue weighted by Gasteiger charge is 2.36. The van der Waals surface area contributed by atoms with Gasteiger partial charge in [0.05, 0.1) is 16.1 Å². The van der Waals surface area contributed by atoms with Crippen molar-refractivity contribution in [1.82, 2.24) is 10.2 Å². The number of carbonyl (C=O) groups is 2. The van der Waals surface area contributed by atoms with Gasteiger partial charge in [-0.2, -0.15) is 13.2 Å². The number of halogens is 3. The SMILES string of the molecule is CCCCNC(=O)[C@@H](Cc1ccccc1)N(Cc1ccccc1)C(=O)CN(c1cccc(C(F)(F)F)c1)S(=O)(=O)c1ccccc1. The van der Waals surface area contributed by atoms with Gasteiger partial charge in [0.25, 0.3) is 10.0 Å². The number of hydrogen-bond donors (Lipinski definition) is 1. The van der Waals surface area contributed by atoms with Crippen LogP contribution in [0.2, 0.25) is 0 Å². The van der Waals surface area contributed by atoms with Crippen molar-refractivity contribution >= 4 is 27.5 Å². The van der Waals surface area contributed by atoms with Crippen LogP contribution in [0, 0.1) is 0 Å². The van der Waals surface area contributed by atoms with Crippen molar-refractivity contribution in [3.63, 3.8) is 0 Å². The third kappa shape index (κ3) is 8.97. The van der Waals surface area contributed by atoms with Crippen molar-refractivity contribution in [2.75, 3.05) is 17.4 Å². The number of nitrogens with one attached hydrogen (secondary N) is 1. The first-order valence-electron chi connectivity index (χ1n) is 14.9. The molecule has 0 unspecified atom stereocenters. The molecule has 46 heavy (non-hydrogen) atoms. The van der Waals surface area contributed by atoms with E-state index in [9.17, 15) is 31.2 Å². The lowest BCUT2D eigenvalue weighted by Gasteiger charge is -2.34. The summed E-state index contributed by atoms with van der Waals surface area (Å²) in [7, 11) is -4.52. The van der Waals surface area contributed by atoms with Gasteiger partial charge in [0, 0.05) is 19.5 Å². The van der Waals surface area contributed by atoms with Gasteiger partial charge >= 0.3 is 6.18 Å². The van der Waals surface area contributed by atoms with Gasteiger partial charge in [0.15, 0.2) is 0 Å². The molecule has 0 saturated heterocycles. The van der Waals surface area contributed by atoms with E-state index in [-0.39, 0.29) is 23.5 Å². The van der Waals surface area contributed by atoms with Gasteiger partial charge in [0.2, 0.25) is 11.8 Å². The molecule has 0 heterocycles. The molecule has 0 aliphatic heterocycles. The van der Waals surface area contributed by atoms with Crippen LogP contribution in [0.3, 0.4) is 0 Å². The lowest BCUT2D eigenvalue weighted by molar-refractivity contribution is -0.140. The van der Waals surface area contributed by atoms with E-state index < -0.39 is 46.2 Å². The molecule has 4 rings (SSSR count). The molecule has 11 heteroatoms. The number of rotatable bonds is 14. The Morgan fingerprint density at radius 1 is 0.804 bits per heavy atom. The summed E-state index contributed by atoms with van der Waals surface area (Å²) in [5, 5.41) is 2.90. The summed E-state index contributed by atoms with van der Waals surface area (Å²) in [6.07, 6.45) is -3.07. The Morgan fingerprint density at radius 2 is 1.39 bits per heavy atom. The standard InChI is InChI=1S/C35H36F3N3O4S/c1-2-3-22-39-34(43)32(23-27-14-7-4-8-15-27)40(25-28-16-9-5-10-17-28)33(42)26-41(46(44,45)31-20-11-6-12-21-31)30-19-13-18-29(24-30)35(36,37)38/h4-21,24,32H,2-3,22-23,25-26H2,1H3,(H,39,43)/t32-/m1/s1. The second-order valence-corrected chi connectivity index (χ2v) is 12.6. The maximum Gasteiger partial charge on any atom is 0.416 e. The van der Waals surface area contributed by atoms with Gasteiger partial charge < -0.3 is 10.2 Å². The van der Waals surface area contributed by atoms with Crippen LogP contribution in [0.5, 0.6) is 0 Å². The Kier molecular flexibility index (Phi) is 11.6. The van der Waals surface area contributed by atoms with Crippen molar-refractivity contribution in [2.45, 2.75) is 49.8 Å². The minimum Gasteiger partial charge on any atom is -0.354 e. The fraction of sp³-hybridized carbons (Fsp3) is 0.257. The molecule has 0 saturated carbocycles. The summed E-state index contributed by atoms with van der Waals surface area (Å²) in [6, 6.07) is 28.0. The van der Waals surface area contributed by atoms with E-state index >= 15 is 0 Å². The Labute approximate surface area is 267 Å². The normalized spacial score (nSPS) is 12.3. The minimum absolute atomic E-state index is 0.0415. The first-order chi connectivity index (χ1) is 22.0. The summed E-state index contributed by atoms with van der Waals surface area (Å²) in [5.41, 5.74) is 0.0604. The molecule has 0 fully saturated rings. The van der Waals surface area contributed by atoms with E-state index in [1.54, 1.807) is 36.4 Å². The van der Waals surface area contributed by atoms with Gasteiger partial charge in [-0.15, -0.1) is 0 Å². The van der Waals surface area contributed by atoms with E-state index in [1.165, 1.54) is 35.2 Å². The second kappa shape index (κ2) is 15.6. The number of carbonyl (C=O) groups excluding carboxylic acids is 2. The monoisotopic (exact) mass is 651 g/mol. The third-order valence-electron chi connectivity index (χ3n) is 7.37. The second-order valence-electron chi connectivity index (χ2n) is 10.7. The van der Waals surface area contributed by atoms with E-state index in [4.69, 9.17) is 0 Å². The topological polar surface area (TPSA) is 86.8 Å². The number of amides is 2. The Morgan fingerprint density at radius 3 is 1.98 bits per heavy atom. The fourth-order valence-electron chi connectivity index (χ4n) is 4.93. The predicted octanol–water partition coefficient (Wildman–Crippen LogP) is 6.46. The molecular weight excluding hydrogens is 615 g/mol. The van der Waals surface area contributed by atoms with Gasteiger partial charge in [-0.25, -0.2) is 8.42 Å². The molecule has 0 radical (unpaired) electrons. The summed E-state index contributed by atoms with van der Waals surface area (Å²) >= 11 is 0. The zero-order chi connectivity index (χ0) is 33.2. The van der Waals surface area contributed by atoms with Gasteiger partial charge in [-0.3, -0.25) is 13.9 Å². The minimum atomic E-state index is -4.75. The lowest BCUT2D eigenvalue weighted by atomic mass is 10.0. The third-order valence-corrected chi connectivity index (χ3v) is 9.16. The average molecular weight is 652 g/mol. The Hall–Kier alpha value is -4.64. The molecule has 0 aliphatic carbocycles. The maximum absolute atomic E-state index is 14.4. The van der Waals surface area contributed by atoms with Crippen LogP contribution in [0.25, 0.3) is 0 Å². The van der Waals surface area contributed by atoms with Crippen molar-refractivity contribution in [1.29, 1.82) is 0 Å². The number of anilines is 1. The molecule has 4 aromatic rings. The molecule has 4 aromatic carbocycles. The van der Waals surface area contributed by atoms with Crippen LogP contribution in [0.15, 0.2) is 120 Å². The molecule has 242 valence electrons. The van der Waals surface area contributed by atoms with E-state index in [0.29, 0.717) is 22.5 Å². The highest BCUT2D eigenvalue weighted by molar-refractivity contribution is 7.92.